The van der Waals surface area contributed by atoms with Crippen LogP contribution < -0.4 is 5.32 Å². The summed E-state index contributed by atoms with van der Waals surface area (Å²) >= 11 is 0. The Hall–Kier alpha value is -1.07. The maximum Gasteiger partial charge on any atom is 0.416 e. The first-order valence-corrected chi connectivity index (χ1v) is 8.07. The zero-order valence-corrected chi connectivity index (χ0v) is 13.1. The van der Waals surface area contributed by atoms with Crippen molar-refractivity contribution in [3.63, 3.8) is 0 Å². The molecule has 0 bridgehead atoms. The van der Waals surface area contributed by atoms with Crippen LogP contribution in [0, 0.1) is 0 Å². The zero-order valence-electron chi connectivity index (χ0n) is 13.1. The van der Waals surface area contributed by atoms with Crippen LogP contribution in [0.4, 0.5) is 13.2 Å². The summed E-state index contributed by atoms with van der Waals surface area (Å²) in [7, 11) is 0. The maximum absolute atomic E-state index is 12.7. The lowest BCUT2D eigenvalue weighted by molar-refractivity contribution is -0.137. The molecule has 5 heteroatoms. The van der Waals surface area contributed by atoms with Gasteiger partial charge in [-0.3, -0.25) is 0 Å². The SMILES string of the molecule is C[C@@H](Cc1cccc(C(F)(F)F)c1)NCCN1CCCCC1. The fraction of sp³-hybridized carbons (Fsp3) is 0.647. The van der Waals surface area contributed by atoms with Gasteiger partial charge in [0.1, 0.15) is 0 Å². The van der Waals surface area contributed by atoms with Crippen molar-refractivity contribution in [3.8, 4) is 0 Å². The number of hydrogen-bond donors (Lipinski definition) is 1. The molecular formula is C17H25F3N2. The predicted octanol–water partition coefficient (Wildman–Crippen LogP) is 3.71. The van der Waals surface area contributed by atoms with Gasteiger partial charge >= 0.3 is 6.18 Å². The molecule has 1 aliphatic heterocycles. The quantitative estimate of drug-likeness (QED) is 0.861. The lowest BCUT2D eigenvalue weighted by Gasteiger charge is -2.27. The zero-order chi connectivity index (χ0) is 16.0. The summed E-state index contributed by atoms with van der Waals surface area (Å²) in [5.41, 5.74) is 0.165. The number of nitrogens with one attached hydrogen (secondary N) is 1. The first-order valence-electron chi connectivity index (χ1n) is 8.07. The maximum atomic E-state index is 12.7. The Morgan fingerprint density at radius 1 is 1.18 bits per heavy atom. The van der Waals surface area contributed by atoms with Gasteiger partial charge in [-0.25, -0.2) is 0 Å². The number of benzene rings is 1. The molecule has 124 valence electrons. The third kappa shape index (κ3) is 5.61. The Bertz CT molecular complexity index is 453. The van der Waals surface area contributed by atoms with Crippen molar-refractivity contribution in [2.24, 2.45) is 0 Å². The molecule has 1 saturated heterocycles. The summed E-state index contributed by atoms with van der Waals surface area (Å²) in [6.07, 6.45) is 0.236. The molecule has 22 heavy (non-hydrogen) atoms. The monoisotopic (exact) mass is 314 g/mol. The van der Waals surface area contributed by atoms with Gasteiger partial charge in [0.25, 0.3) is 0 Å². The van der Waals surface area contributed by atoms with E-state index in [2.05, 4.69) is 10.2 Å². The number of alkyl halides is 3. The van der Waals surface area contributed by atoms with Crippen molar-refractivity contribution in [2.75, 3.05) is 26.2 Å². The molecule has 1 aliphatic rings. The molecule has 1 aromatic rings. The number of likely N-dealkylation sites (tertiary alicyclic amines) is 1. The van der Waals surface area contributed by atoms with Crippen molar-refractivity contribution in [1.82, 2.24) is 10.2 Å². The van der Waals surface area contributed by atoms with E-state index in [-0.39, 0.29) is 6.04 Å². The van der Waals surface area contributed by atoms with Crippen LogP contribution in [-0.2, 0) is 12.6 Å². The van der Waals surface area contributed by atoms with Gasteiger partial charge in [-0.2, -0.15) is 13.2 Å². The van der Waals surface area contributed by atoms with Gasteiger partial charge in [0.2, 0.25) is 0 Å². The minimum Gasteiger partial charge on any atom is -0.313 e. The normalized spacial score (nSPS) is 18.4. The Labute approximate surface area is 130 Å². The van der Waals surface area contributed by atoms with Crippen LogP contribution >= 0.6 is 0 Å². The third-order valence-electron chi connectivity index (χ3n) is 4.17. The molecule has 1 atom stereocenters. The second-order valence-electron chi connectivity index (χ2n) is 6.16. The van der Waals surface area contributed by atoms with Crippen LogP contribution in [0.2, 0.25) is 0 Å². The lowest BCUT2D eigenvalue weighted by Crippen LogP contribution is -2.39. The molecule has 0 aliphatic carbocycles. The van der Waals surface area contributed by atoms with Crippen molar-refractivity contribution in [3.05, 3.63) is 35.4 Å². The van der Waals surface area contributed by atoms with Crippen LogP contribution in [0.25, 0.3) is 0 Å². The highest BCUT2D eigenvalue weighted by molar-refractivity contribution is 5.26. The highest BCUT2D eigenvalue weighted by Crippen LogP contribution is 2.29. The van der Waals surface area contributed by atoms with Crippen LogP contribution in [0.5, 0.6) is 0 Å². The van der Waals surface area contributed by atoms with Crippen LogP contribution in [-0.4, -0.2) is 37.1 Å². The fourth-order valence-corrected chi connectivity index (χ4v) is 2.95. The van der Waals surface area contributed by atoms with Gasteiger partial charge in [-0.1, -0.05) is 24.6 Å². The minimum atomic E-state index is -4.26. The number of nitrogens with zero attached hydrogens (tertiary/aromatic N) is 1. The second kappa shape index (κ2) is 7.97. The van der Waals surface area contributed by atoms with E-state index in [0.717, 1.165) is 24.7 Å². The molecule has 1 N–H and O–H groups in total. The number of halogens is 3. The van der Waals surface area contributed by atoms with E-state index >= 15 is 0 Å². The smallest absolute Gasteiger partial charge is 0.313 e. The van der Waals surface area contributed by atoms with Gasteiger partial charge in [0.15, 0.2) is 0 Å². The molecule has 0 saturated carbocycles. The molecule has 2 rings (SSSR count). The van der Waals surface area contributed by atoms with E-state index in [0.29, 0.717) is 6.42 Å². The topological polar surface area (TPSA) is 15.3 Å². The number of hydrogen-bond acceptors (Lipinski definition) is 2. The van der Waals surface area contributed by atoms with Crippen molar-refractivity contribution < 1.29 is 13.2 Å². The molecule has 1 aromatic carbocycles. The van der Waals surface area contributed by atoms with Gasteiger partial charge in [0.05, 0.1) is 5.56 Å². The third-order valence-corrected chi connectivity index (χ3v) is 4.17. The van der Waals surface area contributed by atoms with E-state index in [1.165, 1.54) is 44.5 Å². The van der Waals surface area contributed by atoms with Crippen LogP contribution in [0.3, 0.4) is 0 Å². The Balaban J connectivity index is 1.75. The Kier molecular flexibility index (Phi) is 6.26. The van der Waals surface area contributed by atoms with E-state index in [1.54, 1.807) is 6.07 Å². The van der Waals surface area contributed by atoms with Crippen LogP contribution in [0.15, 0.2) is 24.3 Å². The summed E-state index contributed by atoms with van der Waals surface area (Å²) < 4.78 is 38.1. The summed E-state index contributed by atoms with van der Waals surface area (Å²) in [4.78, 5) is 2.45. The van der Waals surface area contributed by atoms with Gasteiger partial charge in [-0.05, 0) is 50.9 Å². The molecule has 2 nitrogen and oxygen atoms in total. The summed E-state index contributed by atoms with van der Waals surface area (Å²) in [6, 6.07) is 5.80. The molecule has 0 unspecified atom stereocenters. The fourth-order valence-electron chi connectivity index (χ4n) is 2.95. The molecule has 0 aromatic heterocycles. The Morgan fingerprint density at radius 3 is 2.59 bits per heavy atom. The average Bonchev–Trinajstić information content (AvgIpc) is 2.48. The molecule has 0 radical (unpaired) electrons. The van der Waals surface area contributed by atoms with Gasteiger partial charge < -0.3 is 10.2 Å². The average molecular weight is 314 g/mol. The molecular weight excluding hydrogens is 289 g/mol. The van der Waals surface area contributed by atoms with E-state index in [1.807, 2.05) is 6.92 Å². The van der Waals surface area contributed by atoms with E-state index in [9.17, 15) is 13.2 Å². The van der Waals surface area contributed by atoms with Crippen molar-refractivity contribution in [2.45, 2.75) is 44.8 Å². The summed E-state index contributed by atoms with van der Waals surface area (Å²) in [6.45, 7) is 6.27. The number of piperidine rings is 1. The first-order chi connectivity index (χ1) is 10.4. The van der Waals surface area contributed by atoms with E-state index in [4.69, 9.17) is 0 Å². The lowest BCUT2D eigenvalue weighted by atomic mass is 10.0. The van der Waals surface area contributed by atoms with Gasteiger partial charge in [-0.15, -0.1) is 0 Å². The summed E-state index contributed by atoms with van der Waals surface area (Å²) in [5, 5.41) is 3.41. The minimum absolute atomic E-state index is 0.174. The van der Waals surface area contributed by atoms with Crippen LogP contribution in [0.1, 0.15) is 37.3 Å². The predicted molar refractivity (Wildman–Crippen MR) is 82.9 cm³/mol. The molecule has 0 spiro atoms. The highest BCUT2D eigenvalue weighted by atomic mass is 19.4. The van der Waals surface area contributed by atoms with Gasteiger partial charge in [0, 0.05) is 19.1 Å². The highest BCUT2D eigenvalue weighted by Gasteiger charge is 2.30. The molecule has 0 amide bonds. The largest absolute Gasteiger partial charge is 0.416 e. The Morgan fingerprint density at radius 2 is 1.91 bits per heavy atom. The summed E-state index contributed by atoms with van der Waals surface area (Å²) in [5.74, 6) is 0. The van der Waals surface area contributed by atoms with Crippen molar-refractivity contribution >= 4 is 0 Å². The second-order valence-corrected chi connectivity index (χ2v) is 6.16. The standard InChI is InChI=1S/C17H25F3N2/c1-14(21-8-11-22-9-3-2-4-10-22)12-15-6-5-7-16(13-15)17(18,19)20/h5-7,13-14,21H,2-4,8-12H2,1H3/t14-/m0/s1. The molecule has 1 fully saturated rings. The van der Waals surface area contributed by atoms with Crippen molar-refractivity contribution in [1.29, 1.82) is 0 Å². The first kappa shape index (κ1) is 17.3. The van der Waals surface area contributed by atoms with E-state index < -0.39 is 11.7 Å². The number of rotatable bonds is 6. The molecule has 1 heterocycles.